The third kappa shape index (κ3) is 4.83. The number of aromatic nitrogens is 2. The van der Waals surface area contributed by atoms with Gasteiger partial charge in [-0.25, -0.2) is 0 Å². The summed E-state index contributed by atoms with van der Waals surface area (Å²) in [4.78, 5) is 23.5. The molecule has 0 aliphatic carbocycles. The molecule has 4 rings (SSSR count). The van der Waals surface area contributed by atoms with Crippen LogP contribution in [0, 0.1) is 0 Å². The minimum Gasteiger partial charge on any atom is -0.494 e. The van der Waals surface area contributed by atoms with Gasteiger partial charge in [0.05, 0.1) is 25.5 Å². The summed E-state index contributed by atoms with van der Waals surface area (Å²) in [6.07, 6.45) is 2.12. The average molecular weight is 403 g/mol. The van der Waals surface area contributed by atoms with Gasteiger partial charge in [0, 0.05) is 24.9 Å². The van der Waals surface area contributed by atoms with Crippen molar-refractivity contribution in [1.82, 2.24) is 14.9 Å². The van der Waals surface area contributed by atoms with Crippen molar-refractivity contribution >= 4 is 5.91 Å². The Morgan fingerprint density at radius 1 is 1.13 bits per heavy atom. The quantitative estimate of drug-likeness (QED) is 0.628. The molecule has 3 aromatic rings. The molecule has 0 saturated carbocycles. The minimum absolute atomic E-state index is 0.0746. The lowest BCUT2D eigenvalue weighted by molar-refractivity contribution is -0.0249. The van der Waals surface area contributed by atoms with Gasteiger partial charge < -0.3 is 14.4 Å². The van der Waals surface area contributed by atoms with Crippen molar-refractivity contribution in [2.45, 2.75) is 19.4 Å². The summed E-state index contributed by atoms with van der Waals surface area (Å²) in [6, 6.07) is 19.4. The molecular weight excluding hydrogens is 378 g/mol. The number of amides is 1. The lowest BCUT2D eigenvalue weighted by atomic mass is 10.1. The number of nitrogens with zero attached hydrogens (tertiary/aromatic N) is 3. The van der Waals surface area contributed by atoms with E-state index in [0.29, 0.717) is 32.0 Å². The number of morpholine rings is 1. The van der Waals surface area contributed by atoms with E-state index in [2.05, 4.69) is 17.1 Å². The van der Waals surface area contributed by atoms with Gasteiger partial charge in [-0.3, -0.25) is 14.8 Å². The van der Waals surface area contributed by atoms with E-state index in [1.165, 1.54) is 5.56 Å². The molecule has 0 spiro atoms. The number of ether oxygens (including phenoxy) is 2. The molecule has 6 nitrogen and oxygen atoms in total. The molecule has 1 aromatic carbocycles. The maximum atomic E-state index is 12.7. The summed E-state index contributed by atoms with van der Waals surface area (Å²) >= 11 is 0. The fraction of sp³-hybridized carbons (Fsp3) is 0.292. The van der Waals surface area contributed by atoms with Crippen LogP contribution in [0.3, 0.4) is 0 Å². The molecule has 30 heavy (non-hydrogen) atoms. The molecule has 0 bridgehead atoms. The number of carbonyl (C=O) groups excluding carboxylic acids is 1. The lowest BCUT2D eigenvalue weighted by Gasteiger charge is -2.32. The van der Waals surface area contributed by atoms with E-state index in [-0.39, 0.29) is 12.0 Å². The standard InChI is InChI=1S/C24H25N3O3/c1-2-29-20-11-9-18(10-12-20)16-19-6-5-8-21(26-19)23-17-27(14-15-30-23)24(28)22-7-3-4-13-25-22/h3-13,23H,2,14-17H2,1H3/t23-/m0/s1. The molecule has 0 N–H and O–H groups in total. The van der Waals surface area contributed by atoms with Crippen LogP contribution in [0.2, 0.25) is 0 Å². The summed E-state index contributed by atoms with van der Waals surface area (Å²) < 4.78 is 11.4. The van der Waals surface area contributed by atoms with Gasteiger partial charge >= 0.3 is 0 Å². The maximum Gasteiger partial charge on any atom is 0.272 e. The predicted octanol–water partition coefficient (Wildman–Crippen LogP) is 3.68. The van der Waals surface area contributed by atoms with Gasteiger partial charge in [-0.2, -0.15) is 0 Å². The number of carbonyl (C=O) groups is 1. The van der Waals surface area contributed by atoms with Gasteiger partial charge in [0.15, 0.2) is 0 Å². The molecule has 1 aliphatic heterocycles. The number of hydrogen-bond acceptors (Lipinski definition) is 5. The molecule has 6 heteroatoms. The Morgan fingerprint density at radius 2 is 2.00 bits per heavy atom. The van der Waals surface area contributed by atoms with Crippen LogP contribution in [0.4, 0.5) is 0 Å². The van der Waals surface area contributed by atoms with Gasteiger partial charge in [0.25, 0.3) is 5.91 Å². The molecule has 154 valence electrons. The highest BCUT2D eigenvalue weighted by molar-refractivity contribution is 5.92. The van der Waals surface area contributed by atoms with Crippen LogP contribution >= 0.6 is 0 Å². The van der Waals surface area contributed by atoms with Crippen LogP contribution in [0.5, 0.6) is 5.75 Å². The van der Waals surface area contributed by atoms with Crippen molar-refractivity contribution < 1.29 is 14.3 Å². The van der Waals surface area contributed by atoms with Gasteiger partial charge in [0.2, 0.25) is 0 Å². The Bertz CT molecular complexity index is 977. The van der Waals surface area contributed by atoms with E-state index < -0.39 is 0 Å². The number of rotatable bonds is 6. The Balaban J connectivity index is 1.44. The fourth-order valence-electron chi connectivity index (χ4n) is 3.52. The Morgan fingerprint density at radius 3 is 2.77 bits per heavy atom. The Hall–Kier alpha value is -3.25. The third-order valence-corrected chi connectivity index (χ3v) is 5.02. The highest BCUT2D eigenvalue weighted by Crippen LogP contribution is 2.23. The molecule has 0 unspecified atom stereocenters. The molecule has 1 aliphatic rings. The molecule has 1 fully saturated rings. The first-order valence-electron chi connectivity index (χ1n) is 10.2. The van der Waals surface area contributed by atoms with Crippen LogP contribution < -0.4 is 4.74 Å². The monoisotopic (exact) mass is 403 g/mol. The van der Waals surface area contributed by atoms with Crippen molar-refractivity contribution in [1.29, 1.82) is 0 Å². The second kappa shape index (κ2) is 9.50. The van der Waals surface area contributed by atoms with Crippen molar-refractivity contribution in [2.75, 3.05) is 26.3 Å². The third-order valence-electron chi connectivity index (χ3n) is 5.02. The van der Waals surface area contributed by atoms with E-state index >= 15 is 0 Å². The molecule has 2 aromatic heterocycles. The molecule has 0 radical (unpaired) electrons. The number of hydrogen-bond donors (Lipinski definition) is 0. The summed E-state index contributed by atoms with van der Waals surface area (Å²) in [5.41, 5.74) is 3.43. The van der Waals surface area contributed by atoms with Gasteiger partial charge in [0.1, 0.15) is 17.5 Å². The summed E-state index contributed by atoms with van der Waals surface area (Å²) in [7, 11) is 0. The van der Waals surface area contributed by atoms with E-state index in [0.717, 1.165) is 23.6 Å². The Kier molecular flexibility index (Phi) is 6.35. The van der Waals surface area contributed by atoms with Crippen LogP contribution in [-0.4, -0.2) is 47.1 Å². The van der Waals surface area contributed by atoms with Crippen molar-refractivity contribution in [3.05, 3.63) is 89.5 Å². The van der Waals surface area contributed by atoms with E-state index in [4.69, 9.17) is 14.5 Å². The van der Waals surface area contributed by atoms with Crippen LogP contribution in [0.15, 0.2) is 66.9 Å². The summed E-state index contributed by atoms with van der Waals surface area (Å²) in [5, 5.41) is 0. The number of benzene rings is 1. The predicted molar refractivity (Wildman–Crippen MR) is 113 cm³/mol. The highest BCUT2D eigenvalue weighted by atomic mass is 16.5. The SMILES string of the molecule is CCOc1ccc(Cc2cccc([C@@H]3CN(C(=O)c4ccccn4)CCO3)n2)cc1. The van der Waals surface area contributed by atoms with Crippen molar-refractivity contribution in [2.24, 2.45) is 0 Å². The van der Waals surface area contributed by atoms with E-state index in [9.17, 15) is 4.79 Å². The van der Waals surface area contributed by atoms with Crippen molar-refractivity contribution in [3.63, 3.8) is 0 Å². The van der Waals surface area contributed by atoms with Gasteiger partial charge in [-0.15, -0.1) is 0 Å². The van der Waals surface area contributed by atoms with E-state index in [1.807, 2.05) is 43.3 Å². The molecule has 1 saturated heterocycles. The van der Waals surface area contributed by atoms with Crippen LogP contribution in [0.1, 0.15) is 40.5 Å². The topological polar surface area (TPSA) is 64.5 Å². The first-order chi connectivity index (χ1) is 14.7. The van der Waals surface area contributed by atoms with E-state index in [1.54, 1.807) is 23.2 Å². The summed E-state index contributed by atoms with van der Waals surface area (Å²) in [6.45, 7) is 4.13. The van der Waals surface area contributed by atoms with Crippen LogP contribution in [0.25, 0.3) is 0 Å². The fourth-order valence-corrected chi connectivity index (χ4v) is 3.52. The first-order valence-corrected chi connectivity index (χ1v) is 10.2. The zero-order chi connectivity index (χ0) is 20.8. The zero-order valence-electron chi connectivity index (χ0n) is 17.0. The smallest absolute Gasteiger partial charge is 0.272 e. The molecule has 3 heterocycles. The largest absolute Gasteiger partial charge is 0.494 e. The normalized spacial score (nSPS) is 16.3. The first kappa shape index (κ1) is 20.0. The van der Waals surface area contributed by atoms with Crippen LogP contribution in [-0.2, 0) is 11.2 Å². The van der Waals surface area contributed by atoms with Crippen molar-refractivity contribution in [3.8, 4) is 5.75 Å². The second-order valence-corrected chi connectivity index (χ2v) is 7.13. The molecule has 1 amide bonds. The summed E-state index contributed by atoms with van der Waals surface area (Å²) in [5.74, 6) is 0.797. The molecule has 1 atom stereocenters. The zero-order valence-corrected chi connectivity index (χ0v) is 17.0. The van der Waals surface area contributed by atoms with Gasteiger partial charge in [-0.05, 0) is 48.9 Å². The lowest BCUT2D eigenvalue weighted by Crippen LogP contribution is -2.42. The highest BCUT2D eigenvalue weighted by Gasteiger charge is 2.27. The number of pyridine rings is 2. The minimum atomic E-state index is -0.244. The second-order valence-electron chi connectivity index (χ2n) is 7.13. The average Bonchev–Trinajstić information content (AvgIpc) is 2.81. The molecular formula is C24H25N3O3. The maximum absolute atomic E-state index is 12.7. The van der Waals surface area contributed by atoms with Gasteiger partial charge in [-0.1, -0.05) is 24.3 Å². The Labute approximate surface area is 176 Å².